The maximum absolute atomic E-state index is 9.52. The molecular weight excluding hydrogens is 288 g/mol. The van der Waals surface area contributed by atoms with Gasteiger partial charge >= 0.3 is 0 Å². The molecule has 0 aliphatic heterocycles. The first-order valence-electron chi connectivity index (χ1n) is 3.36. The molecule has 0 saturated carbocycles. The molecule has 0 aliphatic carbocycles. The summed E-state index contributed by atoms with van der Waals surface area (Å²) in [5.74, 6) is 0.159. The Hall–Kier alpha value is -0.0600. The fourth-order valence-electron chi connectivity index (χ4n) is 0.854. The zero-order valence-electron chi connectivity index (χ0n) is 6.11. The van der Waals surface area contributed by atoms with Gasteiger partial charge in [0.25, 0.3) is 0 Å². The lowest BCUT2D eigenvalue weighted by molar-refractivity contribution is 0.199. The third-order valence-electron chi connectivity index (χ3n) is 1.45. The predicted molar refractivity (Wildman–Crippen MR) is 54.7 cm³/mol. The van der Waals surface area contributed by atoms with E-state index in [1.165, 1.54) is 6.07 Å². The third kappa shape index (κ3) is 2.47. The molecule has 1 atom stereocenters. The molecule has 0 bridgehead atoms. The number of rotatable bonds is 2. The lowest BCUT2D eigenvalue weighted by atomic mass is 10.1. The zero-order valence-corrected chi connectivity index (χ0v) is 9.29. The van der Waals surface area contributed by atoms with Gasteiger partial charge in [0.15, 0.2) is 0 Å². The summed E-state index contributed by atoms with van der Waals surface area (Å²) >= 11 is 6.37. The van der Waals surface area contributed by atoms with Crippen molar-refractivity contribution in [1.82, 2.24) is 0 Å². The molecule has 66 valence electrons. The number of phenolic OH excluding ortho intramolecular Hbond substituents is 1. The number of aliphatic hydroxyl groups is 1. The van der Waals surface area contributed by atoms with Gasteiger partial charge in [-0.15, -0.1) is 0 Å². The average Bonchev–Trinajstić information content (AvgIpc) is 2.03. The van der Waals surface area contributed by atoms with E-state index in [0.717, 1.165) is 0 Å². The van der Waals surface area contributed by atoms with Crippen LogP contribution in [0.3, 0.4) is 0 Å². The van der Waals surface area contributed by atoms with Gasteiger partial charge in [0.1, 0.15) is 11.9 Å². The fraction of sp³-hybridized carbons (Fsp3) is 0.250. The molecule has 1 aromatic rings. The van der Waals surface area contributed by atoms with Gasteiger partial charge in [-0.2, -0.15) is 0 Å². The van der Waals surface area contributed by atoms with Crippen LogP contribution < -0.4 is 0 Å². The van der Waals surface area contributed by atoms with E-state index in [-0.39, 0.29) is 9.49 Å². The van der Waals surface area contributed by atoms with Crippen molar-refractivity contribution < 1.29 is 10.2 Å². The molecular formula is C8H8Br2O2. The molecule has 1 rings (SSSR count). The van der Waals surface area contributed by atoms with E-state index >= 15 is 0 Å². The van der Waals surface area contributed by atoms with Crippen LogP contribution >= 0.6 is 31.9 Å². The number of benzene rings is 1. The Morgan fingerprint density at radius 1 is 1.25 bits per heavy atom. The Labute approximate surface area is 87.5 Å². The molecule has 0 aromatic heterocycles. The highest BCUT2D eigenvalue weighted by Gasteiger charge is 2.14. The van der Waals surface area contributed by atoms with Crippen molar-refractivity contribution >= 4 is 31.9 Å². The second kappa shape index (κ2) is 4.25. The van der Waals surface area contributed by atoms with Crippen molar-refractivity contribution in [3.05, 3.63) is 29.8 Å². The van der Waals surface area contributed by atoms with Crippen molar-refractivity contribution in [2.24, 2.45) is 0 Å². The van der Waals surface area contributed by atoms with Gasteiger partial charge in [0.2, 0.25) is 0 Å². The summed E-state index contributed by atoms with van der Waals surface area (Å²) in [7, 11) is 0. The van der Waals surface area contributed by atoms with Crippen LogP contribution in [0, 0.1) is 0 Å². The average molecular weight is 296 g/mol. The topological polar surface area (TPSA) is 40.5 Å². The zero-order chi connectivity index (χ0) is 9.14. The summed E-state index contributed by atoms with van der Waals surface area (Å²) in [5, 5.41) is 18.6. The normalized spacial score (nSPS) is 13.3. The lowest BCUT2D eigenvalue weighted by Crippen LogP contribution is -2.04. The highest BCUT2D eigenvalue weighted by atomic mass is 79.9. The standard InChI is InChI=1S/C8H8Br2O2/c9-8(10)7(12)5-2-1-3-6(11)4-5/h1-4,7-8,11-12H. The summed E-state index contributed by atoms with van der Waals surface area (Å²) in [6.07, 6.45) is -0.655. The van der Waals surface area contributed by atoms with Gasteiger partial charge in [0.05, 0.1) is 3.74 Å². The smallest absolute Gasteiger partial charge is 0.115 e. The van der Waals surface area contributed by atoms with Crippen molar-refractivity contribution in [2.75, 3.05) is 0 Å². The van der Waals surface area contributed by atoms with E-state index in [2.05, 4.69) is 31.9 Å². The number of alkyl halides is 2. The fourth-order valence-corrected chi connectivity index (χ4v) is 1.46. The van der Waals surface area contributed by atoms with Gasteiger partial charge in [-0.1, -0.05) is 44.0 Å². The Morgan fingerprint density at radius 2 is 1.92 bits per heavy atom. The van der Waals surface area contributed by atoms with Crippen LogP contribution in [0.1, 0.15) is 11.7 Å². The number of halogens is 2. The van der Waals surface area contributed by atoms with E-state index < -0.39 is 6.10 Å². The quantitative estimate of drug-likeness (QED) is 0.823. The second-order valence-corrected chi connectivity index (χ2v) is 5.58. The number of aliphatic hydroxyl groups excluding tert-OH is 1. The molecule has 0 fully saturated rings. The molecule has 1 aromatic carbocycles. The summed E-state index contributed by atoms with van der Waals surface area (Å²) in [5.41, 5.74) is 0.675. The Kier molecular flexibility index (Phi) is 3.55. The van der Waals surface area contributed by atoms with Crippen LogP contribution in [0.25, 0.3) is 0 Å². The summed E-state index contributed by atoms with van der Waals surface area (Å²) in [4.78, 5) is 0. The molecule has 12 heavy (non-hydrogen) atoms. The monoisotopic (exact) mass is 294 g/mol. The first kappa shape index (κ1) is 10.0. The largest absolute Gasteiger partial charge is 0.508 e. The van der Waals surface area contributed by atoms with E-state index in [0.29, 0.717) is 5.56 Å². The van der Waals surface area contributed by atoms with Gasteiger partial charge in [-0.25, -0.2) is 0 Å². The van der Waals surface area contributed by atoms with Gasteiger partial charge in [-0.3, -0.25) is 0 Å². The molecule has 0 aliphatic rings. The van der Waals surface area contributed by atoms with Crippen LogP contribution in [0.5, 0.6) is 5.75 Å². The van der Waals surface area contributed by atoms with Crippen LogP contribution in [0.15, 0.2) is 24.3 Å². The van der Waals surface area contributed by atoms with Gasteiger partial charge < -0.3 is 10.2 Å². The minimum Gasteiger partial charge on any atom is -0.508 e. The van der Waals surface area contributed by atoms with E-state index in [9.17, 15) is 5.11 Å². The van der Waals surface area contributed by atoms with Gasteiger partial charge in [0, 0.05) is 0 Å². The first-order valence-corrected chi connectivity index (χ1v) is 5.19. The SMILES string of the molecule is Oc1cccc(C(O)C(Br)Br)c1. The number of hydrogen-bond donors (Lipinski definition) is 2. The lowest BCUT2D eigenvalue weighted by Gasteiger charge is -2.11. The van der Waals surface area contributed by atoms with E-state index in [1.54, 1.807) is 18.2 Å². The van der Waals surface area contributed by atoms with Crippen LogP contribution in [0.2, 0.25) is 0 Å². The minimum absolute atomic E-state index is 0.159. The highest BCUT2D eigenvalue weighted by molar-refractivity contribution is 9.24. The molecule has 2 nitrogen and oxygen atoms in total. The number of hydrogen-bond acceptors (Lipinski definition) is 2. The Balaban J connectivity index is 2.88. The van der Waals surface area contributed by atoms with Crippen LogP contribution in [-0.4, -0.2) is 13.9 Å². The molecule has 0 amide bonds. The second-order valence-electron chi connectivity index (χ2n) is 2.37. The molecule has 0 saturated heterocycles. The number of phenols is 1. The van der Waals surface area contributed by atoms with Crippen molar-refractivity contribution in [2.45, 2.75) is 9.84 Å². The number of aromatic hydroxyl groups is 1. The van der Waals surface area contributed by atoms with Crippen molar-refractivity contribution in [1.29, 1.82) is 0 Å². The van der Waals surface area contributed by atoms with E-state index in [4.69, 9.17) is 5.11 Å². The predicted octanol–water partition coefficient (Wildman–Crippen LogP) is 2.54. The minimum atomic E-state index is -0.655. The van der Waals surface area contributed by atoms with Crippen LogP contribution in [-0.2, 0) is 0 Å². The summed E-state index contributed by atoms with van der Waals surface area (Å²) in [6, 6.07) is 6.53. The Morgan fingerprint density at radius 3 is 2.42 bits per heavy atom. The summed E-state index contributed by atoms with van der Waals surface area (Å²) < 4.78 is -0.202. The first-order chi connectivity index (χ1) is 5.61. The Bertz CT molecular complexity index is 263. The molecule has 0 radical (unpaired) electrons. The highest BCUT2D eigenvalue weighted by Crippen LogP contribution is 2.28. The summed E-state index contributed by atoms with van der Waals surface area (Å²) in [6.45, 7) is 0. The van der Waals surface area contributed by atoms with Crippen molar-refractivity contribution in [3.63, 3.8) is 0 Å². The molecule has 4 heteroatoms. The molecule has 0 heterocycles. The maximum atomic E-state index is 9.52. The molecule has 0 spiro atoms. The third-order valence-corrected chi connectivity index (χ3v) is 2.45. The maximum Gasteiger partial charge on any atom is 0.115 e. The van der Waals surface area contributed by atoms with Crippen molar-refractivity contribution in [3.8, 4) is 5.75 Å². The molecule has 2 N–H and O–H groups in total. The molecule has 1 unspecified atom stereocenters. The van der Waals surface area contributed by atoms with E-state index in [1.807, 2.05) is 0 Å². The van der Waals surface area contributed by atoms with Gasteiger partial charge in [-0.05, 0) is 17.7 Å². The van der Waals surface area contributed by atoms with Crippen LogP contribution in [0.4, 0.5) is 0 Å².